The minimum absolute atomic E-state index is 0.274. The second kappa shape index (κ2) is 6.28. The van der Waals surface area contributed by atoms with Gasteiger partial charge in [0.2, 0.25) is 0 Å². The van der Waals surface area contributed by atoms with E-state index in [-0.39, 0.29) is 6.10 Å². The lowest BCUT2D eigenvalue weighted by Crippen LogP contribution is -2.41. The smallest absolute Gasteiger partial charge is 0.139 e. The summed E-state index contributed by atoms with van der Waals surface area (Å²) in [5.74, 6) is 0.963. The van der Waals surface area contributed by atoms with E-state index in [0.29, 0.717) is 4.99 Å². The fraction of sp³-hybridized carbons (Fsp3) is 0.625. The first kappa shape index (κ1) is 14.7. The van der Waals surface area contributed by atoms with E-state index in [1.54, 1.807) is 7.11 Å². The molecule has 0 spiro atoms. The van der Waals surface area contributed by atoms with Gasteiger partial charge in [-0.1, -0.05) is 12.2 Å². The largest absolute Gasteiger partial charge is 0.389 e. The molecule has 1 fully saturated rings. The third kappa shape index (κ3) is 3.04. The molecule has 114 valence electrons. The number of ether oxygens (including phenoxy) is 1. The first-order valence-corrected chi connectivity index (χ1v) is 8.20. The summed E-state index contributed by atoms with van der Waals surface area (Å²) in [5, 5.41) is 0. The van der Waals surface area contributed by atoms with Crippen molar-refractivity contribution in [3.8, 4) is 0 Å². The fourth-order valence-electron chi connectivity index (χ4n) is 3.37. The lowest BCUT2D eigenvalue weighted by molar-refractivity contribution is 0.0891. The van der Waals surface area contributed by atoms with Crippen molar-refractivity contribution in [2.75, 3.05) is 25.1 Å². The molecule has 5 heteroatoms. The highest BCUT2D eigenvalue weighted by atomic mass is 32.1. The monoisotopic (exact) mass is 305 g/mol. The number of nitrogens with two attached hydrogens (primary N) is 1. The highest BCUT2D eigenvalue weighted by molar-refractivity contribution is 7.80. The highest BCUT2D eigenvalue weighted by Gasteiger charge is 2.25. The van der Waals surface area contributed by atoms with Gasteiger partial charge in [0.15, 0.2) is 0 Å². The number of aryl methyl sites for hydroxylation is 2. The van der Waals surface area contributed by atoms with Gasteiger partial charge in [-0.3, -0.25) is 0 Å². The number of hydrogen-bond acceptors (Lipinski definition) is 4. The van der Waals surface area contributed by atoms with Crippen molar-refractivity contribution in [2.24, 2.45) is 5.73 Å². The molecule has 4 nitrogen and oxygen atoms in total. The van der Waals surface area contributed by atoms with Gasteiger partial charge in [0.05, 0.1) is 11.7 Å². The molecular formula is C16H23N3OS. The number of anilines is 1. The van der Waals surface area contributed by atoms with E-state index >= 15 is 0 Å². The van der Waals surface area contributed by atoms with E-state index in [1.807, 2.05) is 0 Å². The highest BCUT2D eigenvalue weighted by Crippen LogP contribution is 2.29. The Kier molecular flexibility index (Phi) is 4.40. The summed E-state index contributed by atoms with van der Waals surface area (Å²) in [6.07, 6.45) is 7.14. The van der Waals surface area contributed by atoms with Crippen molar-refractivity contribution in [3.05, 3.63) is 22.9 Å². The summed E-state index contributed by atoms with van der Waals surface area (Å²) in [7, 11) is 1.78. The number of thiocarbonyl (C=S) groups is 1. The number of methoxy groups -OCH3 is 1. The van der Waals surface area contributed by atoms with Crippen LogP contribution < -0.4 is 10.6 Å². The molecule has 2 N–H and O–H groups in total. The van der Waals surface area contributed by atoms with Gasteiger partial charge in [-0.15, -0.1) is 0 Å². The summed E-state index contributed by atoms with van der Waals surface area (Å²) in [4.78, 5) is 7.67. The van der Waals surface area contributed by atoms with Gasteiger partial charge in [0, 0.05) is 25.9 Å². The van der Waals surface area contributed by atoms with E-state index in [1.165, 1.54) is 24.1 Å². The second-order valence-corrected chi connectivity index (χ2v) is 6.42. The summed E-state index contributed by atoms with van der Waals surface area (Å²) in [6, 6.07) is 2.18. The number of pyridine rings is 1. The lowest BCUT2D eigenvalue weighted by atomic mass is 9.94. The Morgan fingerprint density at radius 1 is 1.38 bits per heavy atom. The van der Waals surface area contributed by atoms with Crippen LogP contribution in [0.2, 0.25) is 0 Å². The Hall–Kier alpha value is -1.20. The third-order valence-corrected chi connectivity index (χ3v) is 4.78. The van der Waals surface area contributed by atoms with E-state index in [2.05, 4.69) is 11.0 Å². The zero-order valence-electron chi connectivity index (χ0n) is 12.6. The number of aromatic nitrogens is 1. The van der Waals surface area contributed by atoms with Crippen molar-refractivity contribution in [1.29, 1.82) is 0 Å². The van der Waals surface area contributed by atoms with Crippen molar-refractivity contribution in [3.63, 3.8) is 0 Å². The van der Waals surface area contributed by atoms with Crippen LogP contribution in [0.15, 0.2) is 6.07 Å². The van der Waals surface area contributed by atoms with Crippen molar-refractivity contribution in [1.82, 2.24) is 4.98 Å². The van der Waals surface area contributed by atoms with Gasteiger partial charge < -0.3 is 15.4 Å². The Balaban J connectivity index is 1.97. The molecule has 1 aliphatic carbocycles. The molecule has 1 saturated heterocycles. The van der Waals surface area contributed by atoms with Gasteiger partial charge >= 0.3 is 0 Å². The summed E-state index contributed by atoms with van der Waals surface area (Å²) >= 11 is 5.26. The molecule has 0 saturated carbocycles. The van der Waals surface area contributed by atoms with E-state index in [9.17, 15) is 0 Å². The number of hydrogen-bond donors (Lipinski definition) is 1. The molecule has 1 atom stereocenters. The molecule has 3 rings (SSSR count). The number of piperidine rings is 1. The predicted octanol–water partition coefficient (Wildman–Crippen LogP) is 2.21. The standard InChI is InChI=1S/C16H23N3OS/c1-20-12-6-4-8-19(10-12)16-13(15(17)21)9-11-5-2-3-7-14(11)18-16/h9,12H,2-8,10H2,1H3,(H2,17,21). The summed E-state index contributed by atoms with van der Waals surface area (Å²) in [6.45, 7) is 1.87. The average molecular weight is 305 g/mol. The van der Waals surface area contributed by atoms with Gasteiger partial charge in [-0.05, 0) is 50.2 Å². The minimum Gasteiger partial charge on any atom is -0.389 e. The van der Waals surface area contributed by atoms with Gasteiger partial charge in [0.1, 0.15) is 10.8 Å². The Morgan fingerprint density at radius 2 is 2.19 bits per heavy atom. The molecule has 1 aliphatic heterocycles. The zero-order chi connectivity index (χ0) is 14.8. The predicted molar refractivity (Wildman–Crippen MR) is 89.0 cm³/mol. The van der Waals surface area contributed by atoms with Gasteiger partial charge in [-0.2, -0.15) is 0 Å². The Morgan fingerprint density at radius 3 is 2.95 bits per heavy atom. The Labute approximate surface area is 131 Å². The van der Waals surface area contributed by atoms with Crippen LogP contribution in [0, 0.1) is 0 Å². The Bertz CT molecular complexity index is 547. The SMILES string of the molecule is COC1CCCN(c2nc3c(cc2C(N)=S)CCCC3)C1. The first-order valence-electron chi connectivity index (χ1n) is 7.79. The quantitative estimate of drug-likeness (QED) is 0.868. The molecule has 2 heterocycles. The molecule has 0 radical (unpaired) electrons. The molecule has 0 aromatic carbocycles. The molecule has 0 amide bonds. The van der Waals surface area contributed by atoms with Crippen molar-refractivity contribution < 1.29 is 4.74 Å². The zero-order valence-corrected chi connectivity index (χ0v) is 13.4. The first-order chi connectivity index (χ1) is 10.2. The minimum atomic E-state index is 0.274. The van der Waals surface area contributed by atoms with Crippen LogP contribution in [0.25, 0.3) is 0 Å². The number of fused-ring (bicyclic) bond motifs is 1. The van der Waals surface area contributed by atoms with Crippen LogP contribution >= 0.6 is 12.2 Å². The lowest BCUT2D eigenvalue weighted by Gasteiger charge is -2.34. The molecule has 21 heavy (non-hydrogen) atoms. The summed E-state index contributed by atoms with van der Waals surface area (Å²) in [5.41, 5.74) is 9.45. The molecule has 1 unspecified atom stereocenters. The van der Waals surface area contributed by atoms with Gasteiger partial charge in [0.25, 0.3) is 0 Å². The number of rotatable bonds is 3. The van der Waals surface area contributed by atoms with Crippen LogP contribution in [0.3, 0.4) is 0 Å². The molecule has 1 aromatic rings. The maximum absolute atomic E-state index is 5.96. The van der Waals surface area contributed by atoms with Crippen molar-refractivity contribution in [2.45, 2.75) is 44.6 Å². The fourth-order valence-corrected chi connectivity index (χ4v) is 3.52. The van der Waals surface area contributed by atoms with E-state index in [0.717, 1.165) is 50.2 Å². The topological polar surface area (TPSA) is 51.4 Å². The van der Waals surface area contributed by atoms with Gasteiger partial charge in [-0.25, -0.2) is 4.98 Å². The van der Waals surface area contributed by atoms with Crippen LogP contribution in [0.5, 0.6) is 0 Å². The third-order valence-electron chi connectivity index (χ3n) is 4.56. The molecular weight excluding hydrogens is 282 g/mol. The van der Waals surface area contributed by atoms with Crippen LogP contribution in [0.4, 0.5) is 5.82 Å². The number of nitrogens with zero attached hydrogens (tertiary/aromatic N) is 2. The molecule has 1 aromatic heterocycles. The van der Waals surface area contributed by atoms with Crippen LogP contribution in [-0.4, -0.2) is 36.3 Å². The summed E-state index contributed by atoms with van der Waals surface area (Å²) < 4.78 is 5.52. The average Bonchev–Trinajstić information content (AvgIpc) is 2.53. The normalized spacial score (nSPS) is 22.0. The maximum Gasteiger partial charge on any atom is 0.139 e. The van der Waals surface area contributed by atoms with Crippen LogP contribution in [0.1, 0.15) is 42.5 Å². The van der Waals surface area contributed by atoms with Crippen LogP contribution in [-0.2, 0) is 17.6 Å². The van der Waals surface area contributed by atoms with E-state index < -0.39 is 0 Å². The second-order valence-electron chi connectivity index (χ2n) is 5.98. The van der Waals surface area contributed by atoms with E-state index in [4.69, 9.17) is 27.7 Å². The molecule has 2 aliphatic rings. The molecule has 0 bridgehead atoms. The maximum atomic E-state index is 5.96. The van der Waals surface area contributed by atoms with Crippen molar-refractivity contribution >= 4 is 23.0 Å².